The van der Waals surface area contributed by atoms with Crippen molar-refractivity contribution in [3.05, 3.63) is 0 Å². The highest BCUT2D eigenvalue weighted by Gasteiger charge is 2.33. The lowest BCUT2D eigenvalue weighted by Crippen LogP contribution is -2.59. The Morgan fingerprint density at radius 3 is 2.71 bits per heavy atom. The van der Waals surface area contributed by atoms with Gasteiger partial charge in [-0.15, -0.1) is 0 Å². The molecule has 0 aromatic rings. The second-order valence-corrected chi connectivity index (χ2v) is 4.48. The van der Waals surface area contributed by atoms with Gasteiger partial charge in [0.1, 0.15) is 6.04 Å². The van der Waals surface area contributed by atoms with Gasteiger partial charge in [0.2, 0.25) is 5.91 Å². The minimum absolute atomic E-state index is 0.147. The number of nitrogens with one attached hydrogen (secondary N) is 2. The number of hydrogen-bond acceptors (Lipinski definition) is 3. The quantitative estimate of drug-likeness (QED) is 0.697. The summed E-state index contributed by atoms with van der Waals surface area (Å²) in [6.45, 7) is 1.24. The molecule has 1 saturated heterocycles. The molecule has 1 saturated carbocycles. The number of rotatable bonds is 2. The van der Waals surface area contributed by atoms with E-state index in [1.165, 1.54) is 6.42 Å². The third-order valence-corrected chi connectivity index (χ3v) is 3.37. The average molecular weight is 241 g/mol. The van der Waals surface area contributed by atoms with Gasteiger partial charge in [-0.05, 0) is 19.3 Å². The summed E-state index contributed by atoms with van der Waals surface area (Å²) < 4.78 is 5.25. The zero-order chi connectivity index (χ0) is 12.3. The van der Waals surface area contributed by atoms with Gasteiger partial charge >= 0.3 is 6.03 Å². The largest absolute Gasteiger partial charge is 0.377 e. The molecule has 6 heteroatoms. The van der Waals surface area contributed by atoms with E-state index in [1.54, 1.807) is 11.9 Å². The smallest absolute Gasteiger partial charge is 0.318 e. The summed E-state index contributed by atoms with van der Waals surface area (Å²) in [6.07, 6.45) is 3.26. The molecule has 1 atom stereocenters. The number of hydrogen-bond donors (Lipinski definition) is 2. The van der Waals surface area contributed by atoms with Crippen molar-refractivity contribution in [2.45, 2.75) is 31.3 Å². The number of amides is 3. The number of nitrogens with zero attached hydrogens (tertiary/aromatic N) is 1. The maximum Gasteiger partial charge on any atom is 0.318 e. The van der Waals surface area contributed by atoms with Crippen molar-refractivity contribution in [1.82, 2.24) is 15.5 Å². The van der Waals surface area contributed by atoms with Gasteiger partial charge in [-0.3, -0.25) is 4.79 Å². The molecule has 3 amide bonds. The third kappa shape index (κ3) is 2.69. The molecule has 2 fully saturated rings. The number of urea groups is 1. The standard InChI is InChI=1S/C11H19N3O3/c1-12-10(15)9-7-17-6-5-14(9)11(16)13-8-3-2-4-8/h8-9H,2-7H2,1H3,(H,12,15)(H,13,16). The SMILES string of the molecule is CNC(=O)C1COCCN1C(=O)NC1CCC1. The predicted molar refractivity (Wildman–Crippen MR) is 61.6 cm³/mol. The van der Waals surface area contributed by atoms with E-state index in [1.807, 2.05) is 0 Å². The van der Waals surface area contributed by atoms with Crippen LogP contribution in [0.1, 0.15) is 19.3 Å². The number of morpholine rings is 1. The summed E-state index contributed by atoms with van der Waals surface area (Å²) in [5.74, 6) is -0.173. The summed E-state index contributed by atoms with van der Waals surface area (Å²) in [5, 5.41) is 5.51. The van der Waals surface area contributed by atoms with Crippen LogP contribution in [0.25, 0.3) is 0 Å². The molecular weight excluding hydrogens is 222 g/mol. The second-order valence-electron chi connectivity index (χ2n) is 4.48. The van der Waals surface area contributed by atoms with Crippen molar-refractivity contribution in [2.75, 3.05) is 26.8 Å². The van der Waals surface area contributed by atoms with Crippen molar-refractivity contribution < 1.29 is 14.3 Å². The van der Waals surface area contributed by atoms with Crippen LogP contribution in [-0.2, 0) is 9.53 Å². The summed E-state index contributed by atoms with van der Waals surface area (Å²) in [7, 11) is 1.57. The van der Waals surface area contributed by atoms with Crippen LogP contribution >= 0.6 is 0 Å². The van der Waals surface area contributed by atoms with E-state index in [2.05, 4.69) is 10.6 Å². The molecule has 2 aliphatic rings. The van der Waals surface area contributed by atoms with Crippen LogP contribution in [0, 0.1) is 0 Å². The zero-order valence-electron chi connectivity index (χ0n) is 10.1. The Kier molecular flexibility index (Phi) is 3.83. The van der Waals surface area contributed by atoms with E-state index in [9.17, 15) is 9.59 Å². The first-order chi connectivity index (χ1) is 8.22. The minimum Gasteiger partial charge on any atom is -0.377 e. The van der Waals surface area contributed by atoms with E-state index in [0.717, 1.165) is 12.8 Å². The van der Waals surface area contributed by atoms with Gasteiger partial charge in [0, 0.05) is 19.6 Å². The zero-order valence-corrected chi connectivity index (χ0v) is 10.1. The van der Waals surface area contributed by atoms with Gasteiger partial charge in [0.05, 0.1) is 13.2 Å². The van der Waals surface area contributed by atoms with E-state index in [4.69, 9.17) is 4.74 Å². The Bertz CT molecular complexity index is 304. The Labute approximate surface area is 101 Å². The normalized spacial score (nSPS) is 25.0. The molecule has 1 heterocycles. The first-order valence-corrected chi connectivity index (χ1v) is 6.09. The molecule has 0 aromatic carbocycles. The second kappa shape index (κ2) is 5.35. The number of carbonyl (C=O) groups is 2. The lowest BCUT2D eigenvalue weighted by atomic mass is 9.93. The van der Waals surface area contributed by atoms with Crippen molar-refractivity contribution >= 4 is 11.9 Å². The van der Waals surface area contributed by atoms with Crippen molar-refractivity contribution in [2.24, 2.45) is 0 Å². The molecule has 96 valence electrons. The summed E-state index contributed by atoms with van der Waals surface area (Å²) in [5.41, 5.74) is 0. The lowest BCUT2D eigenvalue weighted by molar-refractivity contribution is -0.129. The molecule has 0 radical (unpaired) electrons. The Morgan fingerprint density at radius 2 is 2.12 bits per heavy atom. The van der Waals surface area contributed by atoms with E-state index >= 15 is 0 Å². The number of carbonyl (C=O) groups excluding carboxylic acids is 2. The third-order valence-electron chi connectivity index (χ3n) is 3.37. The topological polar surface area (TPSA) is 70.7 Å². The fourth-order valence-electron chi connectivity index (χ4n) is 2.04. The van der Waals surface area contributed by atoms with Crippen LogP contribution in [0.15, 0.2) is 0 Å². The van der Waals surface area contributed by atoms with E-state index in [0.29, 0.717) is 13.2 Å². The van der Waals surface area contributed by atoms with Crippen LogP contribution in [0.4, 0.5) is 4.79 Å². The van der Waals surface area contributed by atoms with Crippen LogP contribution in [0.2, 0.25) is 0 Å². The summed E-state index contributed by atoms with van der Waals surface area (Å²) >= 11 is 0. The van der Waals surface area contributed by atoms with Crippen LogP contribution in [-0.4, -0.2) is 55.7 Å². The summed E-state index contributed by atoms with van der Waals surface area (Å²) in [6, 6.07) is -0.365. The molecule has 0 spiro atoms. The van der Waals surface area contributed by atoms with Crippen LogP contribution < -0.4 is 10.6 Å². The highest BCUT2D eigenvalue weighted by Crippen LogP contribution is 2.19. The fraction of sp³-hybridized carbons (Fsp3) is 0.818. The van der Waals surface area contributed by atoms with Gasteiger partial charge < -0.3 is 20.3 Å². The first-order valence-electron chi connectivity index (χ1n) is 6.09. The van der Waals surface area contributed by atoms with Gasteiger partial charge in [-0.1, -0.05) is 0 Å². The summed E-state index contributed by atoms with van der Waals surface area (Å²) in [4.78, 5) is 25.2. The minimum atomic E-state index is -0.506. The Morgan fingerprint density at radius 1 is 1.35 bits per heavy atom. The molecule has 1 aliphatic carbocycles. The van der Waals surface area contributed by atoms with Gasteiger partial charge in [-0.2, -0.15) is 0 Å². The fourth-order valence-corrected chi connectivity index (χ4v) is 2.04. The monoisotopic (exact) mass is 241 g/mol. The van der Waals surface area contributed by atoms with Crippen molar-refractivity contribution in [3.63, 3.8) is 0 Å². The molecule has 2 N–H and O–H groups in total. The highest BCUT2D eigenvalue weighted by molar-refractivity contribution is 5.87. The van der Waals surface area contributed by atoms with Crippen molar-refractivity contribution in [3.8, 4) is 0 Å². The van der Waals surface area contributed by atoms with E-state index < -0.39 is 6.04 Å². The van der Waals surface area contributed by atoms with Crippen molar-refractivity contribution in [1.29, 1.82) is 0 Å². The maximum absolute atomic E-state index is 12.0. The number of ether oxygens (including phenoxy) is 1. The van der Waals surface area contributed by atoms with Gasteiger partial charge in [0.15, 0.2) is 0 Å². The molecule has 1 unspecified atom stereocenters. The average Bonchev–Trinajstić information content (AvgIpc) is 2.32. The highest BCUT2D eigenvalue weighted by atomic mass is 16.5. The molecule has 0 aromatic heterocycles. The molecule has 17 heavy (non-hydrogen) atoms. The lowest BCUT2D eigenvalue weighted by Gasteiger charge is -2.36. The maximum atomic E-state index is 12.0. The molecule has 2 rings (SSSR count). The van der Waals surface area contributed by atoms with Crippen LogP contribution in [0.3, 0.4) is 0 Å². The molecular formula is C11H19N3O3. The molecule has 1 aliphatic heterocycles. The predicted octanol–water partition coefficient (Wildman–Crippen LogP) is -0.305. The van der Waals surface area contributed by atoms with Crippen LogP contribution in [0.5, 0.6) is 0 Å². The Hall–Kier alpha value is -1.30. The molecule has 0 bridgehead atoms. The van der Waals surface area contributed by atoms with Gasteiger partial charge in [-0.25, -0.2) is 4.79 Å². The van der Waals surface area contributed by atoms with Gasteiger partial charge in [0.25, 0.3) is 0 Å². The number of likely N-dealkylation sites (N-methyl/N-ethyl adjacent to an activating group) is 1. The van der Waals surface area contributed by atoms with E-state index in [-0.39, 0.29) is 24.6 Å². The Balaban J connectivity index is 1.94. The molecule has 6 nitrogen and oxygen atoms in total. The first kappa shape index (κ1) is 12.2.